The fourth-order valence-corrected chi connectivity index (χ4v) is 2.39. The first-order valence-electron chi connectivity index (χ1n) is 6.57. The van der Waals surface area contributed by atoms with Crippen LogP contribution in [0.1, 0.15) is 32.6 Å². The summed E-state index contributed by atoms with van der Waals surface area (Å²) in [4.78, 5) is 20.3. The molecule has 20 heavy (non-hydrogen) atoms. The number of benzene rings is 1. The van der Waals surface area contributed by atoms with Crippen molar-refractivity contribution in [2.45, 2.75) is 38.7 Å². The van der Waals surface area contributed by atoms with Gasteiger partial charge in [0.1, 0.15) is 0 Å². The number of hydrogen-bond acceptors (Lipinski definition) is 5. The third kappa shape index (κ3) is 3.23. The topological polar surface area (TPSA) is 95.5 Å². The van der Waals surface area contributed by atoms with Crippen molar-refractivity contribution in [1.29, 1.82) is 0 Å². The Morgan fingerprint density at radius 2 is 1.75 bits per heavy atom. The lowest BCUT2D eigenvalue weighted by Gasteiger charge is -2.26. The van der Waals surface area contributed by atoms with E-state index in [1.165, 1.54) is 12.1 Å². The quantitative estimate of drug-likeness (QED) is 0.621. The van der Waals surface area contributed by atoms with Crippen molar-refractivity contribution in [3.05, 3.63) is 38.4 Å². The fraction of sp³-hybridized carbons (Fsp3) is 0.538. The second-order valence-corrected chi connectivity index (χ2v) is 5.17. The molecular weight excluding hydrogens is 264 g/mol. The van der Waals surface area contributed by atoms with Crippen LogP contribution in [0, 0.1) is 26.1 Å². The molecule has 108 valence electrons. The van der Waals surface area contributed by atoms with E-state index in [9.17, 15) is 20.2 Å². The molecule has 1 aliphatic carbocycles. The molecule has 1 saturated carbocycles. The maximum atomic E-state index is 11.0. The Morgan fingerprint density at radius 3 is 2.30 bits per heavy atom. The molecule has 0 amide bonds. The minimum absolute atomic E-state index is 0.0497. The predicted molar refractivity (Wildman–Crippen MR) is 71.8 cm³/mol. The fourth-order valence-electron chi connectivity index (χ4n) is 2.39. The average Bonchev–Trinajstić information content (AvgIpc) is 2.41. The maximum absolute atomic E-state index is 11.0. The lowest BCUT2D eigenvalue weighted by atomic mass is 9.89. The average molecular weight is 280 g/mol. The molecule has 0 radical (unpaired) electrons. The summed E-state index contributed by atoms with van der Waals surface area (Å²) in [5.74, 6) is 0.766. The monoisotopic (exact) mass is 280 g/mol. The van der Waals surface area contributed by atoms with Crippen molar-refractivity contribution in [2.24, 2.45) is 5.92 Å². The van der Waals surface area contributed by atoms with Gasteiger partial charge in [-0.1, -0.05) is 6.92 Å². The first-order valence-corrected chi connectivity index (χ1v) is 6.57. The Morgan fingerprint density at radius 1 is 1.10 bits per heavy atom. The number of hydrogen-bond donors (Lipinski definition) is 0. The molecule has 1 fully saturated rings. The highest BCUT2D eigenvalue weighted by atomic mass is 16.6. The predicted octanol–water partition coefficient (Wildman–Crippen LogP) is 3.46. The number of non-ortho nitro benzene ring substituents is 1. The Hall–Kier alpha value is -2.18. The van der Waals surface area contributed by atoms with Gasteiger partial charge in [-0.2, -0.15) is 0 Å². The summed E-state index contributed by atoms with van der Waals surface area (Å²) < 4.78 is 5.67. The van der Waals surface area contributed by atoms with E-state index in [1.54, 1.807) is 0 Å². The molecule has 7 heteroatoms. The Labute approximate surface area is 115 Å². The van der Waals surface area contributed by atoms with Crippen LogP contribution in [0.5, 0.6) is 5.75 Å². The highest BCUT2D eigenvalue weighted by molar-refractivity contribution is 5.53. The second kappa shape index (κ2) is 5.85. The van der Waals surface area contributed by atoms with Crippen molar-refractivity contribution in [1.82, 2.24) is 0 Å². The van der Waals surface area contributed by atoms with Gasteiger partial charge < -0.3 is 4.74 Å². The van der Waals surface area contributed by atoms with Crippen LogP contribution in [-0.4, -0.2) is 16.0 Å². The van der Waals surface area contributed by atoms with Crippen molar-refractivity contribution >= 4 is 11.4 Å². The van der Waals surface area contributed by atoms with E-state index in [0.29, 0.717) is 5.92 Å². The van der Waals surface area contributed by atoms with Crippen LogP contribution in [0.15, 0.2) is 18.2 Å². The van der Waals surface area contributed by atoms with Crippen molar-refractivity contribution in [2.75, 3.05) is 0 Å². The molecule has 0 spiro atoms. The normalized spacial score (nSPS) is 22.2. The molecule has 0 bridgehead atoms. The van der Waals surface area contributed by atoms with Crippen molar-refractivity contribution in [3.8, 4) is 5.75 Å². The molecule has 0 aliphatic heterocycles. The molecule has 1 aromatic rings. The zero-order valence-corrected chi connectivity index (χ0v) is 11.2. The third-order valence-corrected chi connectivity index (χ3v) is 3.61. The first-order chi connectivity index (χ1) is 9.47. The van der Waals surface area contributed by atoms with E-state index in [2.05, 4.69) is 6.92 Å². The van der Waals surface area contributed by atoms with E-state index >= 15 is 0 Å². The first kappa shape index (κ1) is 14.2. The summed E-state index contributed by atoms with van der Waals surface area (Å²) >= 11 is 0. The van der Waals surface area contributed by atoms with Gasteiger partial charge in [0.15, 0.2) is 5.75 Å². The van der Waals surface area contributed by atoms with E-state index in [1.807, 2.05) is 0 Å². The summed E-state index contributed by atoms with van der Waals surface area (Å²) in [6.07, 6.45) is 3.73. The van der Waals surface area contributed by atoms with Gasteiger partial charge >= 0.3 is 5.69 Å². The minimum atomic E-state index is -0.654. The lowest BCUT2D eigenvalue weighted by molar-refractivity contribution is -0.394. The van der Waals surface area contributed by atoms with Gasteiger partial charge in [0, 0.05) is 6.07 Å². The van der Waals surface area contributed by atoms with E-state index in [4.69, 9.17) is 4.74 Å². The summed E-state index contributed by atoms with van der Waals surface area (Å²) in [7, 11) is 0. The number of nitro groups is 2. The summed E-state index contributed by atoms with van der Waals surface area (Å²) in [5.41, 5.74) is -0.654. The Balaban J connectivity index is 2.18. The molecule has 1 aromatic carbocycles. The number of rotatable bonds is 4. The van der Waals surface area contributed by atoms with Gasteiger partial charge in [0.25, 0.3) is 5.69 Å². The zero-order valence-electron chi connectivity index (χ0n) is 11.2. The molecule has 1 aliphatic rings. The third-order valence-electron chi connectivity index (χ3n) is 3.61. The second-order valence-electron chi connectivity index (χ2n) is 5.17. The van der Waals surface area contributed by atoms with Gasteiger partial charge in [0.05, 0.1) is 22.0 Å². The molecule has 0 unspecified atom stereocenters. The molecule has 7 nitrogen and oxygen atoms in total. The van der Waals surface area contributed by atoms with Crippen LogP contribution in [0.3, 0.4) is 0 Å². The van der Waals surface area contributed by atoms with E-state index in [-0.39, 0.29) is 23.2 Å². The minimum Gasteiger partial charge on any atom is -0.483 e. The molecular formula is C13H16N2O5. The molecule has 0 N–H and O–H groups in total. The zero-order chi connectivity index (χ0) is 14.7. The van der Waals surface area contributed by atoms with Gasteiger partial charge in [-0.15, -0.1) is 0 Å². The van der Waals surface area contributed by atoms with Gasteiger partial charge in [-0.05, 0) is 37.7 Å². The largest absolute Gasteiger partial charge is 0.483 e. The Bertz CT molecular complexity index is 523. The standard InChI is InChI=1S/C13H16N2O5/c1-9-2-5-11(6-3-9)20-13-7-4-10(14(16)17)8-12(13)15(18)19/h4,7-9,11H,2-3,5-6H2,1H3. The van der Waals surface area contributed by atoms with Crippen LogP contribution in [-0.2, 0) is 0 Å². The van der Waals surface area contributed by atoms with E-state index in [0.717, 1.165) is 31.7 Å². The lowest BCUT2D eigenvalue weighted by Crippen LogP contribution is -2.23. The van der Waals surface area contributed by atoms with Crippen LogP contribution >= 0.6 is 0 Å². The summed E-state index contributed by atoms with van der Waals surface area (Å²) in [5, 5.41) is 21.6. The van der Waals surface area contributed by atoms with Crippen LogP contribution in [0.4, 0.5) is 11.4 Å². The molecule has 0 atom stereocenters. The Kier molecular flexibility index (Phi) is 4.16. The molecule has 2 rings (SSSR count). The van der Waals surface area contributed by atoms with E-state index < -0.39 is 9.85 Å². The molecule has 0 heterocycles. The number of nitrogens with zero attached hydrogens (tertiary/aromatic N) is 2. The van der Waals surface area contributed by atoms with Crippen molar-refractivity contribution in [3.63, 3.8) is 0 Å². The molecule has 0 aromatic heterocycles. The van der Waals surface area contributed by atoms with Crippen LogP contribution in [0.25, 0.3) is 0 Å². The van der Waals surface area contributed by atoms with Gasteiger partial charge in [0.2, 0.25) is 0 Å². The number of nitro benzene ring substituents is 2. The smallest absolute Gasteiger partial charge is 0.317 e. The molecule has 0 saturated heterocycles. The number of ether oxygens (including phenoxy) is 1. The van der Waals surface area contributed by atoms with Crippen LogP contribution in [0.2, 0.25) is 0 Å². The van der Waals surface area contributed by atoms with Crippen molar-refractivity contribution < 1.29 is 14.6 Å². The highest BCUT2D eigenvalue weighted by Gasteiger charge is 2.25. The summed E-state index contributed by atoms with van der Waals surface area (Å²) in [6.45, 7) is 2.17. The SMILES string of the molecule is CC1CCC(Oc2ccc([N+](=O)[O-])cc2[N+](=O)[O-])CC1. The maximum Gasteiger partial charge on any atom is 0.317 e. The van der Waals surface area contributed by atoms with Gasteiger partial charge in [-0.25, -0.2) is 0 Å². The van der Waals surface area contributed by atoms with Crippen LogP contribution < -0.4 is 4.74 Å². The van der Waals surface area contributed by atoms with Gasteiger partial charge in [-0.3, -0.25) is 20.2 Å². The summed E-state index contributed by atoms with van der Waals surface area (Å²) in [6, 6.07) is 3.49. The highest BCUT2D eigenvalue weighted by Crippen LogP contribution is 2.34.